The summed E-state index contributed by atoms with van der Waals surface area (Å²) in [6, 6.07) is 7.65. The van der Waals surface area contributed by atoms with Gasteiger partial charge in [-0.2, -0.15) is 0 Å². The number of aliphatic carboxylic acids is 1. The minimum absolute atomic E-state index is 0.446. The number of hydrogen-bond acceptors (Lipinski definition) is 2. The molecule has 1 aromatic carbocycles. The van der Waals surface area contributed by atoms with Gasteiger partial charge in [0.05, 0.1) is 11.5 Å². The van der Waals surface area contributed by atoms with Crippen molar-refractivity contribution < 1.29 is 15.0 Å². The van der Waals surface area contributed by atoms with E-state index in [1.54, 1.807) is 6.92 Å². The molecule has 1 saturated carbocycles. The van der Waals surface area contributed by atoms with Crippen LogP contribution >= 0.6 is 0 Å². The Kier molecular flexibility index (Phi) is 3.71. The van der Waals surface area contributed by atoms with Gasteiger partial charge in [0.1, 0.15) is 0 Å². The molecule has 98 valence electrons. The number of carbonyl (C=O) groups is 1. The summed E-state index contributed by atoms with van der Waals surface area (Å²) in [4.78, 5) is 11.7. The molecular weight excluding hydrogens is 228 g/mol. The smallest absolute Gasteiger partial charge is 0.314 e. The molecule has 1 aliphatic carbocycles. The highest BCUT2D eigenvalue weighted by molar-refractivity contribution is 5.82. The first kappa shape index (κ1) is 13.1. The van der Waals surface area contributed by atoms with Crippen molar-refractivity contribution in [3.8, 4) is 0 Å². The lowest BCUT2D eigenvalue weighted by Crippen LogP contribution is -2.34. The number of carboxylic acids is 1. The summed E-state index contributed by atoms with van der Waals surface area (Å²) in [6.45, 7) is 1.73. The maximum Gasteiger partial charge on any atom is 0.314 e. The van der Waals surface area contributed by atoms with Crippen molar-refractivity contribution in [2.24, 2.45) is 0 Å². The molecule has 1 fully saturated rings. The van der Waals surface area contributed by atoms with Crippen LogP contribution in [-0.2, 0) is 16.6 Å². The van der Waals surface area contributed by atoms with E-state index in [0.717, 1.165) is 24.0 Å². The molecule has 3 nitrogen and oxygen atoms in total. The van der Waals surface area contributed by atoms with Crippen molar-refractivity contribution in [3.63, 3.8) is 0 Å². The number of carboxylic acid groups (broad SMARTS) is 1. The molecule has 3 heteroatoms. The molecule has 2 N–H and O–H groups in total. The third-order valence-electron chi connectivity index (χ3n) is 3.91. The topological polar surface area (TPSA) is 57.5 Å². The summed E-state index contributed by atoms with van der Waals surface area (Å²) in [5, 5.41) is 19.2. The molecule has 0 aromatic heterocycles. The van der Waals surface area contributed by atoms with Crippen LogP contribution in [-0.4, -0.2) is 22.3 Å². The Bertz CT molecular complexity index is 431. The fraction of sp³-hybridized carbons (Fsp3) is 0.533. The molecule has 0 radical (unpaired) electrons. The van der Waals surface area contributed by atoms with Crippen molar-refractivity contribution in [1.29, 1.82) is 0 Å². The lowest BCUT2D eigenvalue weighted by Gasteiger charge is -2.27. The van der Waals surface area contributed by atoms with E-state index in [1.807, 2.05) is 24.3 Å². The summed E-state index contributed by atoms with van der Waals surface area (Å²) in [5.74, 6) is -0.724. The second kappa shape index (κ2) is 5.11. The summed E-state index contributed by atoms with van der Waals surface area (Å²) in [6.07, 6.45) is 3.42. The van der Waals surface area contributed by atoms with Gasteiger partial charge in [0.2, 0.25) is 0 Å². The van der Waals surface area contributed by atoms with Gasteiger partial charge in [-0.1, -0.05) is 37.1 Å². The Hall–Kier alpha value is -1.35. The molecule has 2 rings (SSSR count). The summed E-state index contributed by atoms with van der Waals surface area (Å²) in [5.41, 5.74) is 1.14. The Balaban J connectivity index is 2.45. The number of aliphatic hydroxyl groups excluding tert-OH is 1. The van der Waals surface area contributed by atoms with Crippen LogP contribution in [0.15, 0.2) is 24.3 Å². The van der Waals surface area contributed by atoms with Crippen LogP contribution in [0.25, 0.3) is 0 Å². The predicted octanol–water partition coefficient (Wildman–Crippen LogP) is 2.51. The molecule has 0 aliphatic heterocycles. The first-order valence-corrected chi connectivity index (χ1v) is 6.56. The largest absolute Gasteiger partial charge is 0.481 e. The van der Waals surface area contributed by atoms with E-state index in [1.165, 1.54) is 0 Å². The first-order chi connectivity index (χ1) is 8.56. The SMILES string of the molecule is CC(O)Cc1ccccc1C1(C(=O)O)CCCC1. The monoisotopic (exact) mass is 248 g/mol. The normalized spacial score (nSPS) is 19.7. The second-order valence-corrected chi connectivity index (χ2v) is 5.30. The van der Waals surface area contributed by atoms with Crippen LogP contribution in [0, 0.1) is 0 Å². The fourth-order valence-corrected chi connectivity index (χ4v) is 3.06. The first-order valence-electron chi connectivity index (χ1n) is 6.56. The van der Waals surface area contributed by atoms with Gasteiger partial charge in [-0.3, -0.25) is 4.79 Å². The summed E-state index contributed by atoms with van der Waals surface area (Å²) < 4.78 is 0. The Labute approximate surface area is 107 Å². The molecule has 0 spiro atoms. The van der Waals surface area contributed by atoms with Crippen LogP contribution in [0.5, 0.6) is 0 Å². The van der Waals surface area contributed by atoms with Crippen molar-refractivity contribution in [2.45, 2.75) is 50.5 Å². The minimum atomic E-state index is -0.731. The fourth-order valence-electron chi connectivity index (χ4n) is 3.06. The minimum Gasteiger partial charge on any atom is -0.481 e. The molecule has 0 bridgehead atoms. The average molecular weight is 248 g/mol. The van der Waals surface area contributed by atoms with Gasteiger partial charge in [0.15, 0.2) is 0 Å². The third kappa shape index (κ3) is 2.27. The van der Waals surface area contributed by atoms with E-state index in [2.05, 4.69) is 0 Å². The molecule has 1 atom stereocenters. The highest BCUT2D eigenvalue weighted by atomic mass is 16.4. The Morgan fingerprint density at radius 1 is 1.33 bits per heavy atom. The van der Waals surface area contributed by atoms with Gasteiger partial charge in [0.25, 0.3) is 0 Å². The lowest BCUT2D eigenvalue weighted by atomic mass is 9.76. The quantitative estimate of drug-likeness (QED) is 0.860. The van der Waals surface area contributed by atoms with E-state index in [-0.39, 0.29) is 0 Å². The molecule has 0 heterocycles. The lowest BCUT2D eigenvalue weighted by molar-refractivity contribution is -0.143. The van der Waals surface area contributed by atoms with Gasteiger partial charge >= 0.3 is 5.97 Å². The highest BCUT2D eigenvalue weighted by Gasteiger charge is 2.43. The highest BCUT2D eigenvalue weighted by Crippen LogP contribution is 2.42. The maximum atomic E-state index is 11.7. The van der Waals surface area contributed by atoms with Crippen LogP contribution in [0.3, 0.4) is 0 Å². The van der Waals surface area contributed by atoms with Gasteiger partial charge in [-0.25, -0.2) is 0 Å². The van der Waals surface area contributed by atoms with Crippen LogP contribution in [0.1, 0.15) is 43.7 Å². The van der Waals surface area contributed by atoms with Crippen LogP contribution in [0.2, 0.25) is 0 Å². The molecule has 1 aromatic rings. The van der Waals surface area contributed by atoms with E-state index in [4.69, 9.17) is 0 Å². The van der Waals surface area contributed by atoms with Crippen molar-refractivity contribution in [2.75, 3.05) is 0 Å². The number of aliphatic hydroxyl groups is 1. The zero-order valence-electron chi connectivity index (χ0n) is 10.7. The maximum absolute atomic E-state index is 11.7. The molecular formula is C15H20O3. The Morgan fingerprint density at radius 3 is 2.50 bits per heavy atom. The number of benzene rings is 1. The Morgan fingerprint density at radius 2 is 1.94 bits per heavy atom. The molecule has 0 amide bonds. The zero-order chi connectivity index (χ0) is 13.2. The van der Waals surface area contributed by atoms with Crippen LogP contribution in [0.4, 0.5) is 0 Å². The van der Waals surface area contributed by atoms with Gasteiger partial charge in [0, 0.05) is 0 Å². The van der Waals surface area contributed by atoms with Gasteiger partial charge < -0.3 is 10.2 Å². The van der Waals surface area contributed by atoms with Gasteiger partial charge in [-0.05, 0) is 37.3 Å². The van der Waals surface area contributed by atoms with Crippen LogP contribution < -0.4 is 0 Å². The molecule has 1 aliphatic rings. The molecule has 0 saturated heterocycles. The van der Waals surface area contributed by atoms with Crippen molar-refractivity contribution in [1.82, 2.24) is 0 Å². The summed E-state index contributed by atoms with van der Waals surface area (Å²) >= 11 is 0. The molecule has 1 unspecified atom stereocenters. The van der Waals surface area contributed by atoms with Crippen molar-refractivity contribution >= 4 is 5.97 Å². The second-order valence-electron chi connectivity index (χ2n) is 5.30. The third-order valence-corrected chi connectivity index (χ3v) is 3.91. The predicted molar refractivity (Wildman–Crippen MR) is 69.6 cm³/mol. The zero-order valence-corrected chi connectivity index (χ0v) is 10.7. The van der Waals surface area contributed by atoms with E-state index in [9.17, 15) is 15.0 Å². The van der Waals surface area contributed by atoms with E-state index < -0.39 is 17.5 Å². The van der Waals surface area contributed by atoms with E-state index in [0.29, 0.717) is 19.3 Å². The summed E-state index contributed by atoms with van der Waals surface area (Å²) in [7, 11) is 0. The number of rotatable bonds is 4. The van der Waals surface area contributed by atoms with Gasteiger partial charge in [-0.15, -0.1) is 0 Å². The average Bonchev–Trinajstić information content (AvgIpc) is 2.79. The number of hydrogen-bond donors (Lipinski definition) is 2. The standard InChI is InChI=1S/C15H20O3/c1-11(16)10-12-6-2-3-7-13(12)15(14(17)18)8-4-5-9-15/h2-3,6-7,11,16H,4-5,8-10H2,1H3,(H,17,18). The van der Waals surface area contributed by atoms with Crippen molar-refractivity contribution in [3.05, 3.63) is 35.4 Å². The van der Waals surface area contributed by atoms with E-state index >= 15 is 0 Å². The molecule has 18 heavy (non-hydrogen) atoms.